The van der Waals surface area contributed by atoms with Gasteiger partial charge in [-0.2, -0.15) is 0 Å². The fourth-order valence-corrected chi connectivity index (χ4v) is 3.97. The third kappa shape index (κ3) is 2.05. The molecule has 1 saturated heterocycles. The van der Waals surface area contributed by atoms with E-state index in [9.17, 15) is 0 Å². The van der Waals surface area contributed by atoms with Crippen molar-refractivity contribution in [2.75, 3.05) is 20.2 Å². The van der Waals surface area contributed by atoms with Crippen LogP contribution < -0.4 is 0 Å². The lowest BCUT2D eigenvalue weighted by Crippen LogP contribution is -2.53. The Labute approximate surface area is 73.7 Å². The standard InChI is InChI=1S/C7H14ClNOSi/c1-3-7-11(8)9(2)5-4-6-10-11/h3H,1,4-7H2,2H3. The van der Waals surface area contributed by atoms with Crippen LogP contribution in [0.3, 0.4) is 0 Å². The molecular weight excluding hydrogens is 178 g/mol. The maximum Gasteiger partial charge on any atom is 0.377 e. The minimum atomic E-state index is -2.05. The topological polar surface area (TPSA) is 12.5 Å². The van der Waals surface area contributed by atoms with E-state index in [-0.39, 0.29) is 0 Å². The zero-order valence-corrected chi connectivity index (χ0v) is 8.60. The third-order valence-electron chi connectivity index (χ3n) is 1.93. The van der Waals surface area contributed by atoms with E-state index in [4.69, 9.17) is 15.5 Å². The zero-order chi connectivity index (χ0) is 8.32. The molecule has 1 atom stereocenters. The lowest BCUT2D eigenvalue weighted by molar-refractivity contribution is 0.211. The first-order valence-corrected chi connectivity index (χ1v) is 6.91. The van der Waals surface area contributed by atoms with Crippen molar-refractivity contribution in [3.05, 3.63) is 12.7 Å². The summed E-state index contributed by atoms with van der Waals surface area (Å²) in [4.78, 5) is 0. The second kappa shape index (κ2) is 3.71. The molecule has 0 spiro atoms. The Morgan fingerprint density at radius 2 is 2.55 bits per heavy atom. The molecule has 0 amide bonds. The molecule has 0 aromatic heterocycles. The first-order valence-electron chi connectivity index (χ1n) is 3.84. The highest BCUT2D eigenvalue weighted by Gasteiger charge is 2.39. The molecule has 1 rings (SSSR count). The third-order valence-corrected chi connectivity index (χ3v) is 6.39. The first kappa shape index (κ1) is 9.26. The quantitative estimate of drug-likeness (QED) is 0.374. The van der Waals surface area contributed by atoms with Crippen molar-refractivity contribution in [2.24, 2.45) is 0 Å². The summed E-state index contributed by atoms with van der Waals surface area (Å²) in [5.74, 6) is 0. The molecule has 11 heavy (non-hydrogen) atoms. The maximum atomic E-state index is 6.30. The second-order valence-corrected chi connectivity index (χ2v) is 7.42. The Balaban J connectivity index is 2.56. The van der Waals surface area contributed by atoms with Crippen molar-refractivity contribution in [2.45, 2.75) is 12.5 Å². The van der Waals surface area contributed by atoms with Gasteiger partial charge >= 0.3 is 7.79 Å². The second-order valence-electron chi connectivity index (χ2n) is 2.81. The highest BCUT2D eigenvalue weighted by molar-refractivity contribution is 7.15. The summed E-state index contributed by atoms with van der Waals surface area (Å²) in [5, 5.41) is 0. The van der Waals surface area contributed by atoms with Gasteiger partial charge in [0.05, 0.1) is 0 Å². The van der Waals surface area contributed by atoms with Crippen LogP contribution in [0.5, 0.6) is 0 Å². The molecule has 2 nitrogen and oxygen atoms in total. The van der Waals surface area contributed by atoms with Gasteiger partial charge in [-0.15, -0.1) is 17.7 Å². The first-order chi connectivity index (χ1) is 5.19. The van der Waals surface area contributed by atoms with Gasteiger partial charge in [0.25, 0.3) is 0 Å². The Morgan fingerprint density at radius 1 is 1.82 bits per heavy atom. The molecule has 1 fully saturated rings. The summed E-state index contributed by atoms with van der Waals surface area (Å²) < 4.78 is 7.73. The summed E-state index contributed by atoms with van der Waals surface area (Å²) in [6.07, 6.45) is 2.94. The largest absolute Gasteiger partial charge is 0.392 e. The van der Waals surface area contributed by atoms with Gasteiger partial charge in [-0.1, -0.05) is 6.08 Å². The lowest BCUT2D eigenvalue weighted by atomic mass is 10.5. The van der Waals surface area contributed by atoms with Crippen LogP contribution in [0.25, 0.3) is 0 Å². The summed E-state index contributed by atoms with van der Waals surface area (Å²) in [6, 6.07) is 0.811. The SMILES string of the molecule is C=CC[Si]1(Cl)OCCCN1C. The van der Waals surface area contributed by atoms with E-state index in [2.05, 4.69) is 11.1 Å². The molecule has 4 heteroatoms. The van der Waals surface area contributed by atoms with Gasteiger partial charge in [-0.25, -0.2) is 0 Å². The average molecular weight is 192 g/mol. The normalized spacial score (nSPS) is 33.6. The van der Waals surface area contributed by atoms with Crippen LogP contribution in [-0.4, -0.2) is 32.6 Å². The average Bonchev–Trinajstić information content (AvgIpc) is 1.96. The lowest BCUT2D eigenvalue weighted by Gasteiger charge is -2.36. The van der Waals surface area contributed by atoms with Crippen LogP contribution >= 0.6 is 11.1 Å². The molecule has 0 bridgehead atoms. The summed E-state index contributed by atoms with van der Waals surface area (Å²) in [7, 11) is -0.0228. The van der Waals surface area contributed by atoms with Crippen molar-refractivity contribution >= 4 is 18.9 Å². The number of hydrogen-bond donors (Lipinski definition) is 0. The molecule has 64 valence electrons. The number of nitrogens with zero attached hydrogens (tertiary/aromatic N) is 1. The number of allylic oxidation sites excluding steroid dienone is 1. The number of halogens is 1. The van der Waals surface area contributed by atoms with Crippen LogP contribution in [0.15, 0.2) is 12.7 Å². The Hall–Kier alpha value is 0.167. The van der Waals surface area contributed by atoms with Crippen molar-refractivity contribution in [3.8, 4) is 0 Å². The van der Waals surface area contributed by atoms with E-state index in [0.717, 1.165) is 25.6 Å². The zero-order valence-electron chi connectivity index (χ0n) is 6.85. The highest BCUT2D eigenvalue weighted by atomic mass is 35.6. The number of rotatable bonds is 2. The molecule has 0 N–H and O–H groups in total. The van der Waals surface area contributed by atoms with Crippen LogP contribution in [0.4, 0.5) is 0 Å². The van der Waals surface area contributed by atoms with E-state index in [1.165, 1.54) is 0 Å². The molecule has 0 aliphatic carbocycles. The van der Waals surface area contributed by atoms with Gasteiger partial charge in [-0.3, -0.25) is 4.57 Å². The summed E-state index contributed by atoms with van der Waals surface area (Å²) in [6.45, 7) is 5.55. The molecule has 0 aromatic carbocycles. The van der Waals surface area contributed by atoms with Crippen LogP contribution in [0.1, 0.15) is 6.42 Å². The Morgan fingerprint density at radius 3 is 3.09 bits per heavy atom. The highest BCUT2D eigenvalue weighted by Crippen LogP contribution is 2.24. The smallest absolute Gasteiger partial charge is 0.377 e. The fourth-order valence-electron chi connectivity index (χ4n) is 1.20. The van der Waals surface area contributed by atoms with E-state index in [0.29, 0.717) is 0 Å². The summed E-state index contributed by atoms with van der Waals surface area (Å²) in [5.41, 5.74) is 0. The van der Waals surface area contributed by atoms with E-state index >= 15 is 0 Å². The maximum absolute atomic E-state index is 6.30. The van der Waals surface area contributed by atoms with Crippen molar-refractivity contribution in [1.82, 2.24) is 4.57 Å². The molecule has 0 aromatic rings. The Bertz CT molecular complexity index is 155. The van der Waals surface area contributed by atoms with Crippen LogP contribution in [-0.2, 0) is 4.43 Å². The molecule has 1 heterocycles. The molecular formula is C7H14ClNOSi. The van der Waals surface area contributed by atoms with Gasteiger partial charge < -0.3 is 4.43 Å². The molecule has 1 aliphatic heterocycles. The van der Waals surface area contributed by atoms with E-state index < -0.39 is 7.79 Å². The Kier molecular flexibility index (Phi) is 3.13. The minimum absolute atomic E-state index is 0.811. The monoisotopic (exact) mass is 191 g/mol. The van der Waals surface area contributed by atoms with Crippen molar-refractivity contribution in [3.63, 3.8) is 0 Å². The minimum Gasteiger partial charge on any atom is -0.392 e. The molecule has 1 unspecified atom stereocenters. The predicted octanol–water partition coefficient (Wildman–Crippen LogP) is 1.70. The van der Waals surface area contributed by atoms with Crippen molar-refractivity contribution in [1.29, 1.82) is 0 Å². The van der Waals surface area contributed by atoms with Gasteiger partial charge in [-0.05, 0) is 20.0 Å². The fraction of sp³-hybridized carbons (Fsp3) is 0.714. The molecule has 1 aliphatic rings. The van der Waals surface area contributed by atoms with Gasteiger partial charge in [0.1, 0.15) is 0 Å². The van der Waals surface area contributed by atoms with Crippen LogP contribution in [0.2, 0.25) is 6.04 Å². The van der Waals surface area contributed by atoms with E-state index in [1.807, 2.05) is 13.1 Å². The van der Waals surface area contributed by atoms with Gasteiger partial charge in [0.15, 0.2) is 0 Å². The van der Waals surface area contributed by atoms with Crippen molar-refractivity contribution < 1.29 is 4.43 Å². The summed E-state index contributed by atoms with van der Waals surface area (Å²) >= 11 is 6.30. The van der Waals surface area contributed by atoms with Crippen LogP contribution in [0, 0.1) is 0 Å². The number of hydrogen-bond acceptors (Lipinski definition) is 2. The van der Waals surface area contributed by atoms with Gasteiger partial charge in [0.2, 0.25) is 0 Å². The van der Waals surface area contributed by atoms with E-state index in [1.54, 1.807) is 0 Å². The van der Waals surface area contributed by atoms with Gasteiger partial charge in [0, 0.05) is 12.7 Å². The molecule has 0 radical (unpaired) electrons. The molecule has 0 saturated carbocycles. The predicted molar refractivity (Wildman–Crippen MR) is 49.8 cm³/mol.